The standard InChI is InChI=1S/C10H20N2O2/c1-3-5-7(9(11)13)8(6-4-2)10(12)14/h7-8H,3-6H2,1-2H3,(H2,11,13)(H2,12,14). The minimum Gasteiger partial charge on any atom is -0.369 e. The van der Waals surface area contributed by atoms with Gasteiger partial charge in [-0.15, -0.1) is 0 Å². The maximum Gasteiger partial charge on any atom is 0.221 e. The lowest BCUT2D eigenvalue weighted by Gasteiger charge is -2.20. The van der Waals surface area contributed by atoms with Crippen molar-refractivity contribution in [2.45, 2.75) is 39.5 Å². The van der Waals surface area contributed by atoms with Crippen LogP contribution in [0.15, 0.2) is 0 Å². The molecule has 0 bridgehead atoms. The molecule has 2 amide bonds. The van der Waals surface area contributed by atoms with Gasteiger partial charge in [0.15, 0.2) is 0 Å². The van der Waals surface area contributed by atoms with E-state index in [1.807, 2.05) is 13.8 Å². The second kappa shape index (κ2) is 6.40. The minimum atomic E-state index is -0.413. The Morgan fingerprint density at radius 3 is 1.36 bits per heavy atom. The summed E-state index contributed by atoms with van der Waals surface area (Å²) in [6.07, 6.45) is 2.95. The van der Waals surface area contributed by atoms with E-state index in [9.17, 15) is 9.59 Å². The van der Waals surface area contributed by atoms with Crippen molar-refractivity contribution in [2.24, 2.45) is 23.3 Å². The molecule has 4 nitrogen and oxygen atoms in total. The average molecular weight is 200 g/mol. The Balaban J connectivity index is 4.54. The molecule has 2 unspecified atom stereocenters. The third-order valence-corrected chi connectivity index (χ3v) is 2.42. The summed E-state index contributed by atoms with van der Waals surface area (Å²) in [5, 5.41) is 0. The molecule has 0 aromatic rings. The van der Waals surface area contributed by atoms with E-state index in [4.69, 9.17) is 11.5 Å². The Labute approximate surface area is 85.0 Å². The van der Waals surface area contributed by atoms with Gasteiger partial charge in [-0.1, -0.05) is 26.7 Å². The molecule has 4 heteroatoms. The van der Waals surface area contributed by atoms with E-state index in [-0.39, 0.29) is 0 Å². The molecule has 0 rings (SSSR count). The Kier molecular flexibility index (Phi) is 5.92. The first-order chi connectivity index (χ1) is 6.54. The van der Waals surface area contributed by atoms with Crippen LogP contribution in [0.4, 0.5) is 0 Å². The van der Waals surface area contributed by atoms with Crippen molar-refractivity contribution in [3.8, 4) is 0 Å². The largest absolute Gasteiger partial charge is 0.369 e. The molecule has 4 N–H and O–H groups in total. The number of amides is 2. The molecule has 0 aromatic carbocycles. The van der Waals surface area contributed by atoms with E-state index < -0.39 is 23.7 Å². The number of hydrogen-bond acceptors (Lipinski definition) is 2. The van der Waals surface area contributed by atoms with E-state index in [2.05, 4.69) is 0 Å². The second-order valence-corrected chi connectivity index (χ2v) is 3.60. The highest BCUT2D eigenvalue weighted by atomic mass is 16.2. The van der Waals surface area contributed by atoms with Crippen LogP contribution in [0.5, 0.6) is 0 Å². The highest BCUT2D eigenvalue weighted by molar-refractivity contribution is 5.85. The van der Waals surface area contributed by atoms with Crippen LogP contribution in [0.2, 0.25) is 0 Å². The Bertz CT molecular complexity index is 182. The number of hydrogen-bond donors (Lipinski definition) is 2. The number of rotatable bonds is 7. The zero-order valence-corrected chi connectivity index (χ0v) is 8.95. The molecule has 0 heterocycles. The van der Waals surface area contributed by atoms with Gasteiger partial charge in [-0.25, -0.2) is 0 Å². The Morgan fingerprint density at radius 2 is 1.21 bits per heavy atom. The summed E-state index contributed by atoms with van der Waals surface area (Å²) in [5.74, 6) is -1.61. The summed E-state index contributed by atoms with van der Waals surface area (Å²) in [6, 6.07) is 0. The minimum absolute atomic E-state index is 0.391. The fourth-order valence-corrected chi connectivity index (χ4v) is 1.71. The van der Waals surface area contributed by atoms with E-state index in [1.165, 1.54) is 0 Å². The SMILES string of the molecule is CCCC(C(N)=O)C(CCC)C(N)=O. The van der Waals surface area contributed by atoms with Crippen molar-refractivity contribution in [3.63, 3.8) is 0 Å². The molecular formula is C10H20N2O2. The topological polar surface area (TPSA) is 86.2 Å². The van der Waals surface area contributed by atoms with Gasteiger partial charge in [0.1, 0.15) is 0 Å². The van der Waals surface area contributed by atoms with Crippen molar-refractivity contribution in [1.29, 1.82) is 0 Å². The van der Waals surface area contributed by atoms with Gasteiger partial charge in [-0.05, 0) is 12.8 Å². The molecule has 0 aromatic heterocycles. The maximum absolute atomic E-state index is 11.1. The second-order valence-electron chi connectivity index (χ2n) is 3.60. The molecule has 0 fully saturated rings. The van der Waals surface area contributed by atoms with Gasteiger partial charge >= 0.3 is 0 Å². The summed E-state index contributed by atoms with van der Waals surface area (Å²) < 4.78 is 0. The maximum atomic E-state index is 11.1. The summed E-state index contributed by atoms with van der Waals surface area (Å²) in [7, 11) is 0. The Hall–Kier alpha value is -1.06. The van der Waals surface area contributed by atoms with Crippen LogP contribution in [0.25, 0.3) is 0 Å². The molecule has 0 aliphatic heterocycles. The lowest BCUT2D eigenvalue weighted by atomic mass is 9.84. The van der Waals surface area contributed by atoms with Crippen molar-refractivity contribution >= 4 is 11.8 Å². The fraction of sp³-hybridized carbons (Fsp3) is 0.800. The van der Waals surface area contributed by atoms with Crippen LogP contribution in [-0.2, 0) is 9.59 Å². The molecule has 82 valence electrons. The summed E-state index contributed by atoms with van der Waals surface area (Å²) >= 11 is 0. The molecule has 0 aliphatic rings. The van der Waals surface area contributed by atoms with Crippen LogP contribution < -0.4 is 11.5 Å². The van der Waals surface area contributed by atoms with Gasteiger partial charge in [-0.2, -0.15) is 0 Å². The highest BCUT2D eigenvalue weighted by Crippen LogP contribution is 2.21. The quantitative estimate of drug-likeness (QED) is 0.636. The predicted molar refractivity (Wildman–Crippen MR) is 55.2 cm³/mol. The average Bonchev–Trinajstić information content (AvgIpc) is 2.10. The molecule has 0 aliphatic carbocycles. The van der Waals surface area contributed by atoms with Gasteiger partial charge in [0.25, 0.3) is 0 Å². The van der Waals surface area contributed by atoms with E-state index in [0.717, 1.165) is 12.8 Å². The molecule has 0 saturated heterocycles. The van der Waals surface area contributed by atoms with Crippen LogP contribution in [-0.4, -0.2) is 11.8 Å². The van der Waals surface area contributed by atoms with Crippen LogP contribution >= 0.6 is 0 Å². The summed E-state index contributed by atoms with van der Waals surface area (Å²) in [5.41, 5.74) is 10.5. The lowest BCUT2D eigenvalue weighted by Crippen LogP contribution is -2.37. The van der Waals surface area contributed by atoms with E-state index in [1.54, 1.807) is 0 Å². The van der Waals surface area contributed by atoms with Crippen molar-refractivity contribution < 1.29 is 9.59 Å². The van der Waals surface area contributed by atoms with Crippen molar-refractivity contribution in [1.82, 2.24) is 0 Å². The first-order valence-corrected chi connectivity index (χ1v) is 5.13. The van der Waals surface area contributed by atoms with Gasteiger partial charge in [0.05, 0.1) is 0 Å². The highest BCUT2D eigenvalue weighted by Gasteiger charge is 2.29. The zero-order chi connectivity index (χ0) is 11.1. The van der Waals surface area contributed by atoms with Crippen LogP contribution in [0.1, 0.15) is 39.5 Å². The first-order valence-electron chi connectivity index (χ1n) is 5.13. The molecular weight excluding hydrogens is 180 g/mol. The normalized spacial score (nSPS) is 14.7. The van der Waals surface area contributed by atoms with E-state index >= 15 is 0 Å². The molecule has 0 saturated carbocycles. The molecule has 0 spiro atoms. The summed E-state index contributed by atoms with van der Waals surface area (Å²) in [4.78, 5) is 22.2. The first kappa shape index (κ1) is 12.9. The number of primary amides is 2. The van der Waals surface area contributed by atoms with E-state index in [0.29, 0.717) is 12.8 Å². The predicted octanol–water partition coefficient (Wildman–Crippen LogP) is 0.790. The number of carbonyl (C=O) groups is 2. The van der Waals surface area contributed by atoms with Crippen molar-refractivity contribution in [2.75, 3.05) is 0 Å². The van der Waals surface area contributed by atoms with Gasteiger partial charge < -0.3 is 11.5 Å². The van der Waals surface area contributed by atoms with Gasteiger partial charge in [0, 0.05) is 11.8 Å². The number of nitrogens with two attached hydrogens (primary N) is 2. The monoisotopic (exact) mass is 200 g/mol. The van der Waals surface area contributed by atoms with Crippen LogP contribution in [0.3, 0.4) is 0 Å². The fourth-order valence-electron chi connectivity index (χ4n) is 1.71. The summed E-state index contributed by atoms with van der Waals surface area (Å²) in [6.45, 7) is 3.92. The lowest BCUT2D eigenvalue weighted by molar-refractivity contribution is -0.132. The van der Waals surface area contributed by atoms with Gasteiger partial charge in [-0.3, -0.25) is 9.59 Å². The molecule has 2 atom stereocenters. The van der Waals surface area contributed by atoms with Crippen molar-refractivity contribution in [3.05, 3.63) is 0 Å². The zero-order valence-electron chi connectivity index (χ0n) is 8.95. The third-order valence-electron chi connectivity index (χ3n) is 2.42. The Morgan fingerprint density at radius 1 is 0.929 bits per heavy atom. The molecule has 14 heavy (non-hydrogen) atoms. The molecule has 0 radical (unpaired) electrons. The van der Waals surface area contributed by atoms with Gasteiger partial charge in [0.2, 0.25) is 11.8 Å². The smallest absolute Gasteiger partial charge is 0.221 e. The third kappa shape index (κ3) is 3.77. The van der Waals surface area contributed by atoms with Crippen LogP contribution in [0, 0.1) is 11.8 Å². The number of carbonyl (C=O) groups excluding carboxylic acids is 2.